The molecule has 1 aliphatic rings. The second-order valence-corrected chi connectivity index (χ2v) is 5.57. The van der Waals surface area contributed by atoms with Crippen molar-refractivity contribution in [2.24, 2.45) is 5.92 Å². The highest BCUT2D eigenvalue weighted by Crippen LogP contribution is 2.37. The zero-order chi connectivity index (χ0) is 12.4. The van der Waals surface area contributed by atoms with Gasteiger partial charge in [-0.15, -0.1) is 0 Å². The third kappa shape index (κ3) is 2.48. The van der Waals surface area contributed by atoms with Gasteiger partial charge in [0.2, 0.25) is 0 Å². The maximum atomic E-state index is 5.98. The summed E-state index contributed by atoms with van der Waals surface area (Å²) in [5, 5.41) is 4.58. The highest BCUT2D eigenvalue weighted by atomic mass is 32.1. The van der Waals surface area contributed by atoms with Crippen LogP contribution in [0, 0.1) is 5.92 Å². The SMILES string of the molecule is Nc1nsc(NCCC2CC2)c1-c1ccccc1. The molecule has 0 radical (unpaired) electrons. The van der Waals surface area contributed by atoms with Crippen molar-refractivity contribution in [1.29, 1.82) is 0 Å². The van der Waals surface area contributed by atoms with E-state index in [0.29, 0.717) is 5.82 Å². The fraction of sp³-hybridized carbons (Fsp3) is 0.357. The van der Waals surface area contributed by atoms with Gasteiger partial charge in [-0.25, -0.2) is 0 Å². The van der Waals surface area contributed by atoms with E-state index >= 15 is 0 Å². The Kier molecular flexibility index (Phi) is 3.19. The largest absolute Gasteiger partial charge is 0.382 e. The van der Waals surface area contributed by atoms with Crippen LogP contribution in [0.1, 0.15) is 19.3 Å². The van der Waals surface area contributed by atoms with Gasteiger partial charge in [-0.05, 0) is 29.4 Å². The predicted molar refractivity (Wildman–Crippen MR) is 77.8 cm³/mol. The molecule has 0 unspecified atom stereocenters. The zero-order valence-electron chi connectivity index (χ0n) is 10.2. The molecule has 1 heterocycles. The molecule has 0 atom stereocenters. The topological polar surface area (TPSA) is 50.9 Å². The molecule has 0 aliphatic heterocycles. The Labute approximate surface area is 111 Å². The van der Waals surface area contributed by atoms with E-state index in [4.69, 9.17) is 5.73 Å². The minimum atomic E-state index is 0.625. The second kappa shape index (κ2) is 4.98. The van der Waals surface area contributed by atoms with Gasteiger partial charge in [0.25, 0.3) is 0 Å². The molecular formula is C14H17N3S. The summed E-state index contributed by atoms with van der Waals surface area (Å²) >= 11 is 1.46. The van der Waals surface area contributed by atoms with E-state index in [1.54, 1.807) is 0 Å². The quantitative estimate of drug-likeness (QED) is 0.862. The number of nitrogens with zero attached hydrogens (tertiary/aromatic N) is 1. The van der Waals surface area contributed by atoms with Crippen LogP contribution in [0.15, 0.2) is 30.3 Å². The Balaban J connectivity index is 1.77. The normalized spacial score (nSPS) is 14.7. The Bertz CT molecular complexity index is 517. The molecule has 1 aromatic carbocycles. The van der Waals surface area contributed by atoms with Crippen molar-refractivity contribution >= 4 is 22.4 Å². The van der Waals surface area contributed by atoms with Gasteiger partial charge < -0.3 is 11.1 Å². The first-order chi connectivity index (χ1) is 8.84. The average molecular weight is 259 g/mol. The van der Waals surface area contributed by atoms with Crippen LogP contribution >= 0.6 is 11.5 Å². The molecule has 3 nitrogen and oxygen atoms in total. The van der Waals surface area contributed by atoms with E-state index in [1.165, 1.54) is 30.8 Å². The average Bonchev–Trinajstić information content (AvgIpc) is 3.14. The van der Waals surface area contributed by atoms with Gasteiger partial charge in [0.15, 0.2) is 0 Å². The molecule has 1 fully saturated rings. The number of hydrogen-bond acceptors (Lipinski definition) is 4. The third-order valence-electron chi connectivity index (χ3n) is 3.32. The molecule has 0 spiro atoms. The van der Waals surface area contributed by atoms with E-state index in [1.807, 2.05) is 18.2 Å². The Morgan fingerprint density at radius 1 is 1.28 bits per heavy atom. The molecular weight excluding hydrogens is 242 g/mol. The van der Waals surface area contributed by atoms with E-state index < -0.39 is 0 Å². The first kappa shape index (κ1) is 11.5. The summed E-state index contributed by atoms with van der Waals surface area (Å²) in [6.07, 6.45) is 4.06. The van der Waals surface area contributed by atoms with Crippen LogP contribution in [0.4, 0.5) is 10.8 Å². The standard InChI is InChI=1S/C14H17N3S/c15-13-12(11-4-2-1-3-5-11)14(18-17-13)16-9-8-10-6-7-10/h1-5,10,16H,6-9H2,(H2,15,17). The van der Waals surface area contributed by atoms with Crippen molar-refractivity contribution in [3.63, 3.8) is 0 Å². The summed E-state index contributed by atoms with van der Waals surface area (Å²) in [6, 6.07) is 10.2. The number of nitrogens with one attached hydrogen (secondary N) is 1. The summed E-state index contributed by atoms with van der Waals surface area (Å²) in [5.74, 6) is 1.57. The highest BCUT2D eigenvalue weighted by molar-refractivity contribution is 7.11. The number of rotatable bonds is 5. The number of nitrogen functional groups attached to an aromatic ring is 1. The fourth-order valence-corrected chi connectivity index (χ4v) is 2.86. The van der Waals surface area contributed by atoms with Gasteiger partial charge in [0, 0.05) is 6.54 Å². The molecule has 1 aliphatic carbocycles. The summed E-state index contributed by atoms with van der Waals surface area (Å²) < 4.78 is 4.26. The molecule has 1 saturated carbocycles. The van der Waals surface area contributed by atoms with Crippen molar-refractivity contribution in [2.45, 2.75) is 19.3 Å². The molecule has 0 amide bonds. The molecule has 18 heavy (non-hydrogen) atoms. The maximum Gasteiger partial charge on any atom is 0.147 e. The lowest BCUT2D eigenvalue weighted by Crippen LogP contribution is -2.02. The minimum absolute atomic E-state index is 0.625. The van der Waals surface area contributed by atoms with E-state index in [9.17, 15) is 0 Å². The minimum Gasteiger partial charge on any atom is -0.382 e. The summed E-state index contributed by atoms with van der Waals surface area (Å²) in [5.41, 5.74) is 8.17. The summed E-state index contributed by atoms with van der Waals surface area (Å²) in [4.78, 5) is 0. The smallest absolute Gasteiger partial charge is 0.147 e. The van der Waals surface area contributed by atoms with Gasteiger partial charge in [0.05, 0.1) is 5.56 Å². The Morgan fingerprint density at radius 2 is 2.06 bits per heavy atom. The first-order valence-electron chi connectivity index (χ1n) is 6.39. The van der Waals surface area contributed by atoms with Crippen molar-refractivity contribution in [2.75, 3.05) is 17.6 Å². The lowest BCUT2D eigenvalue weighted by molar-refractivity contribution is 0.761. The van der Waals surface area contributed by atoms with Crippen molar-refractivity contribution in [1.82, 2.24) is 4.37 Å². The van der Waals surface area contributed by atoms with Crippen molar-refractivity contribution < 1.29 is 0 Å². The lowest BCUT2D eigenvalue weighted by Gasteiger charge is -2.06. The Hall–Kier alpha value is -1.55. The van der Waals surface area contributed by atoms with Gasteiger partial charge >= 0.3 is 0 Å². The molecule has 94 valence electrons. The molecule has 3 N–H and O–H groups in total. The highest BCUT2D eigenvalue weighted by Gasteiger charge is 2.21. The van der Waals surface area contributed by atoms with Crippen LogP contribution in [-0.4, -0.2) is 10.9 Å². The predicted octanol–water partition coefficient (Wildman–Crippen LogP) is 3.60. The lowest BCUT2D eigenvalue weighted by atomic mass is 10.1. The van der Waals surface area contributed by atoms with Crippen molar-refractivity contribution in [3.8, 4) is 11.1 Å². The first-order valence-corrected chi connectivity index (χ1v) is 7.16. The monoisotopic (exact) mass is 259 g/mol. The number of nitrogens with two attached hydrogens (primary N) is 1. The van der Waals surface area contributed by atoms with Gasteiger partial charge in [-0.3, -0.25) is 0 Å². The van der Waals surface area contributed by atoms with E-state index in [-0.39, 0.29) is 0 Å². The van der Waals surface area contributed by atoms with E-state index in [0.717, 1.165) is 28.6 Å². The Morgan fingerprint density at radius 3 is 2.78 bits per heavy atom. The summed E-state index contributed by atoms with van der Waals surface area (Å²) in [6.45, 7) is 1.02. The molecule has 3 rings (SSSR count). The molecule has 0 bridgehead atoms. The molecule has 4 heteroatoms. The molecule has 0 saturated heterocycles. The fourth-order valence-electron chi connectivity index (χ4n) is 2.10. The van der Waals surface area contributed by atoms with Gasteiger partial charge in [-0.2, -0.15) is 4.37 Å². The number of benzene rings is 1. The van der Waals surface area contributed by atoms with Crippen molar-refractivity contribution in [3.05, 3.63) is 30.3 Å². The number of hydrogen-bond donors (Lipinski definition) is 2. The maximum absolute atomic E-state index is 5.98. The van der Waals surface area contributed by atoms with Gasteiger partial charge in [-0.1, -0.05) is 43.2 Å². The third-order valence-corrected chi connectivity index (χ3v) is 4.14. The van der Waals surface area contributed by atoms with Crippen LogP contribution in [0.3, 0.4) is 0 Å². The van der Waals surface area contributed by atoms with Crippen LogP contribution in [0.25, 0.3) is 11.1 Å². The van der Waals surface area contributed by atoms with Crippen LogP contribution in [0.5, 0.6) is 0 Å². The molecule has 2 aromatic rings. The van der Waals surface area contributed by atoms with Gasteiger partial charge in [0.1, 0.15) is 10.8 Å². The number of anilines is 2. The second-order valence-electron chi connectivity index (χ2n) is 4.80. The van der Waals surface area contributed by atoms with Crippen LogP contribution < -0.4 is 11.1 Å². The van der Waals surface area contributed by atoms with Crippen LogP contribution in [0.2, 0.25) is 0 Å². The summed E-state index contributed by atoms with van der Waals surface area (Å²) in [7, 11) is 0. The number of aromatic nitrogens is 1. The molecule has 1 aromatic heterocycles. The van der Waals surface area contributed by atoms with Crippen LogP contribution in [-0.2, 0) is 0 Å². The zero-order valence-corrected chi connectivity index (χ0v) is 11.0. The van der Waals surface area contributed by atoms with E-state index in [2.05, 4.69) is 21.8 Å².